The Balaban J connectivity index is 1.47. The van der Waals surface area contributed by atoms with Crippen LogP contribution in [-0.4, -0.2) is 44.8 Å². The van der Waals surface area contributed by atoms with Crippen LogP contribution in [0.2, 0.25) is 0 Å². The lowest BCUT2D eigenvalue weighted by Crippen LogP contribution is -2.48. The molecule has 2 atom stereocenters. The zero-order valence-corrected chi connectivity index (χ0v) is 17.9. The first-order valence-electron chi connectivity index (χ1n) is 10.0. The van der Waals surface area contributed by atoms with Crippen LogP contribution in [0.4, 0.5) is 13.2 Å². The minimum Gasteiger partial charge on any atom is -0.383 e. The third-order valence-electron chi connectivity index (χ3n) is 5.27. The van der Waals surface area contributed by atoms with Crippen molar-refractivity contribution < 1.29 is 27.3 Å². The van der Waals surface area contributed by atoms with E-state index in [1.54, 1.807) is 0 Å². The monoisotopic (exact) mass is 454 g/mol. The van der Waals surface area contributed by atoms with Crippen LogP contribution < -0.4 is 5.32 Å². The third-order valence-corrected chi connectivity index (χ3v) is 6.78. The van der Waals surface area contributed by atoms with Crippen LogP contribution in [-0.2, 0) is 28.4 Å². The number of nitrogens with zero attached hydrogens (tertiary/aromatic N) is 1. The van der Waals surface area contributed by atoms with E-state index in [-0.39, 0.29) is 12.5 Å². The highest BCUT2D eigenvalue weighted by molar-refractivity contribution is 7.82. The van der Waals surface area contributed by atoms with Crippen LogP contribution in [0, 0.1) is 6.92 Å². The first-order valence-corrected chi connectivity index (χ1v) is 11.1. The van der Waals surface area contributed by atoms with Crippen LogP contribution in [0.5, 0.6) is 0 Å². The summed E-state index contributed by atoms with van der Waals surface area (Å²) in [4.78, 5) is 13.0. The van der Waals surface area contributed by atoms with E-state index in [1.807, 2.05) is 35.5 Å². The number of piperidine rings is 1. The number of halogens is 3. The standard InChI is InChI=1S/C22H25F3N2O3S/c1-15-2-8-19(9-3-15)31(30)27-12-10-18(11-13-27)26-21(29)20(28)14-16-4-6-17(7-5-16)22(23,24)25/h2-9,18,20,28H,10-14H2,1H3,(H,26,29). The van der Waals surface area contributed by atoms with Crippen molar-refractivity contribution in [3.05, 3.63) is 65.2 Å². The molecule has 1 fully saturated rings. The van der Waals surface area contributed by atoms with Crippen LogP contribution in [0.25, 0.3) is 0 Å². The van der Waals surface area contributed by atoms with Crippen molar-refractivity contribution in [3.63, 3.8) is 0 Å². The summed E-state index contributed by atoms with van der Waals surface area (Å²) in [6, 6.07) is 11.8. The molecule has 2 aromatic rings. The van der Waals surface area contributed by atoms with Crippen molar-refractivity contribution >= 4 is 16.9 Å². The lowest BCUT2D eigenvalue weighted by molar-refractivity contribution is -0.137. The van der Waals surface area contributed by atoms with Gasteiger partial charge in [0, 0.05) is 25.6 Å². The number of aryl methyl sites for hydroxylation is 1. The molecule has 2 N–H and O–H groups in total. The molecule has 1 amide bonds. The molecule has 2 unspecified atom stereocenters. The van der Waals surface area contributed by atoms with E-state index in [0.717, 1.165) is 22.6 Å². The molecule has 31 heavy (non-hydrogen) atoms. The van der Waals surface area contributed by atoms with Gasteiger partial charge in [-0.25, -0.2) is 8.51 Å². The van der Waals surface area contributed by atoms with Gasteiger partial charge in [-0.2, -0.15) is 13.2 Å². The van der Waals surface area contributed by atoms with Gasteiger partial charge in [0.1, 0.15) is 17.1 Å². The van der Waals surface area contributed by atoms with E-state index >= 15 is 0 Å². The molecule has 168 valence electrons. The van der Waals surface area contributed by atoms with Crippen molar-refractivity contribution in [1.29, 1.82) is 0 Å². The van der Waals surface area contributed by atoms with Gasteiger partial charge in [0.25, 0.3) is 0 Å². The molecule has 5 nitrogen and oxygen atoms in total. The number of hydrogen-bond acceptors (Lipinski definition) is 3. The highest BCUT2D eigenvalue weighted by atomic mass is 32.2. The average molecular weight is 455 g/mol. The lowest BCUT2D eigenvalue weighted by atomic mass is 10.0. The first kappa shape index (κ1) is 23.4. The molecule has 0 saturated carbocycles. The number of amides is 1. The van der Waals surface area contributed by atoms with Gasteiger partial charge in [0.05, 0.1) is 10.5 Å². The number of carbonyl (C=O) groups excluding carboxylic acids is 1. The quantitative estimate of drug-likeness (QED) is 0.704. The summed E-state index contributed by atoms with van der Waals surface area (Å²) in [6.07, 6.45) is -4.66. The Bertz CT molecular complexity index is 909. The summed E-state index contributed by atoms with van der Waals surface area (Å²) in [5.41, 5.74) is 0.765. The van der Waals surface area contributed by atoms with Crippen LogP contribution in [0.15, 0.2) is 53.4 Å². The summed E-state index contributed by atoms with van der Waals surface area (Å²) < 4.78 is 52.4. The predicted molar refractivity (Wildman–Crippen MR) is 111 cm³/mol. The molecular weight excluding hydrogens is 429 g/mol. The molecule has 0 bridgehead atoms. The zero-order valence-electron chi connectivity index (χ0n) is 17.1. The number of rotatable bonds is 6. The van der Waals surface area contributed by atoms with E-state index in [0.29, 0.717) is 31.5 Å². The maximum atomic E-state index is 12.7. The maximum Gasteiger partial charge on any atom is 0.416 e. The topological polar surface area (TPSA) is 69.6 Å². The fourth-order valence-electron chi connectivity index (χ4n) is 3.41. The number of hydrogen-bond donors (Lipinski definition) is 2. The molecule has 1 aliphatic rings. The van der Waals surface area contributed by atoms with Crippen LogP contribution in [0.1, 0.15) is 29.5 Å². The fraction of sp³-hybridized carbons (Fsp3) is 0.409. The van der Waals surface area contributed by atoms with Gasteiger partial charge in [-0.1, -0.05) is 29.8 Å². The van der Waals surface area contributed by atoms with Crippen molar-refractivity contribution in [2.45, 2.75) is 49.4 Å². The first-order chi connectivity index (χ1) is 14.6. The van der Waals surface area contributed by atoms with Crippen LogP contribution >= 0.6 is 0 Å². The number of alkyl halides is 3. The molecule has 9 heteroatoms. The second-order valence-electron chi connectivity index (χ2n) is 7.69. The smallest absolute Gasteiger partial charge is 0.383 e. The molecule has 2 aromatic carbocycles. The zero-order chi connectivity index (χ0) is 22.6. The van der Waals surface area contributed by atoms with E-state index in [2.05, 4.69) is 5.32 Å². The minimum atomic E-state index is -4.42. The van der Waals surface area contributed by atoms with Crippen molar-refractivity contribution in [2.24, 2.45) is 0 Å². The van der Waals surface area contributed by atoms with Gasteiger partial charge in [0.2, 0.25) is 5.91 Å². The van der Waals surface area contributed by atoms with Gasteiger partial charge >= 0.3 is 6.18 Å². The number of aliphatic hydroxyl groups excluding tert-OH is 1. The molecule has 0 radical (unpaired) electrons. The molecular formula is C22H25F3N2O3S. The largest absolute Gasteiger partial charge is 0.416 e. The van der Waals surface area contributed by atoms with Crippen molar-refractivity contribution in [3.8, 4) is 0 Å². The normalized spacial score (nSPS) is 17.8. The molecule has 0 aliphatic carbocycles. The molecule has 0 spiro atoms. The Morgan fingerprint density at radius 3 is 2.26 bits per heavy atom. The van der Waals surface area contributed by atoms with Gasteiger partial charge < -0.3 is 10.4 Å². The van der Waals surface area contributed by atoms with E-state index in [1.165, 1.54) is 12.1 Å². The van der Waals surface area contributed by atoms with Gasteiger partial charge in [-0.15, -0.1) is 0 Å². The molecule has 1 heterocycles. The molecule has 1 aliphatic heterocycles. The Hall–Kier alpha value is -2.23. The third kappa shape index (κ3) is 6.38. The highest BCUT2D eigenvalue weighted by Crippen LogP contribution is 2.29. The Morgan fingerprint density at radius 1 is 1.13 bits per heavy atom. The molecule has 1 saturated heterocycles. The summed E-state index contributed by atoms with van der Waals surface area (Å²) in [5.74, 6) is -0.557. The Morgan fingerprint density at radius 2 is 1.71 bits per heavy atom. The second-order valence-corrected chi connectivity index (χ2v) is 9.17. The van der Waals surface area contributed by atoms with E-state index < -0.39 is 34.7 Å². The van der Waals surface area contributed by atoms with E-state index in [9.17, 15) is 27.3 Å². The Labute approximate surface area is 181 Å². The summed E-state index contributed by atoms with van der Waals surface area (Å²) in [5, 5.41) is 12.9. The van der Waals surface area contributed by atoms with Crippen molar-refractivity contribution in [2.75, 3.05) is 13.1 Å². The average Bonchev–Trinajstić information content (AvgIpc) is 2.74. The summed E-state index contributed by atoms with van der Waals surface area (Å²) >= 11 is 0. The number of carbonyl (C=O) groups is 1. The predicted octanol–water partition coefficient (Wildman–Crippen LogP) is 3.22. The second kappa shape index (κ2) is 9.93. The molecule has 0 aromatic heterocycles. The number of aliphatic hydroxyl groups is 1. The fourth-order valence-corrected chi connectivity index (χ4v) is 4.62. The van der Waals surface area contributed by atoms with Crippen molar-refractivity contribution in [1.82, 2.24) is 9.62 Å². The molecule has 3 rings (SSSR count). The lowest BCUT2D eigenvalue weighted by Gasteiger charge is -2.31. The van der Waals surface area contributed by atoms with Crippen LogP contribution in [0.3, 0.4) is 0 Å². The van der Waals surface area contributed by atoms with Gasteiger partial charge in [-0.3, -0.25) is 4.79 Å². The van der Waals surface area contributed by atoms with Gasteiger partial charge in [-0.05, 0) is 49.6 Å². The maximum absolute atomic E-state index is 12.7. The number of nitrogens with one attached hydrogen (secondary N) is 1. The van der Waals surface area contributed by atoms with Gasteiger partial charge in [0.15, 0.2) is 0 Å². The summed E-state index contributed by atoms with van der Waals surface area (Å²) in [6.45, 7) is 3.05. The Kier molecular flexibility index (Phi) is 7.51. The number of benzene rings is 2. The minimum absolute atomic E-state index is 0.0692. The van der Waals surface area contributed by atoms with E-state index in [4.69, 9.17) is 0 Å². The highest BCUT2D eigenvalue weighted by Gasteiger charge is 2.30. The SMILES string of the molecule is Cc1ccc(S(=O)N2CCC(NC(=O)C(O)Cc3ccc(C(F)(F)F)cc3)CC2)cc1. The summed E-state index contributed by atoms with van der Waals surface area (Å²) in [7, 11) is -1.26.